The van der Waals surface area contributed by atoms with Gasteiger partial charge >= 0.3 is 0 Å². The largest absolute Gasteiger partial charge is 0.459 e. The molecule has 1 N–H and O–H groups in total. The molecule has 0 saturated carbocycles. The lowest BCUT2D eigenvalue weighted by Crippen LogP contribution is -2.47. The number of fused-ring (bicyclic) bond motifs is 1. The smallest absolute Gasteiger partial charge is 0.235 e. The molecule has 1 atom stereocenters. The Bertz CT molecular complexity index is 678. The van der Waals surface area contributed by atoms with E-state index < -0.39 is 5.72 Å². The molecule has 2 aromatic rings. The Hall–Kier alpha value is -2.55. The van der Waals surface area contributed by atoms with Gasteiger partial charge in [0.05, 0.1) is 0 Å². The standard InChI is InChI=1S/C17H15NO2/c1-12-15-10-6-7-11-16(15)20-17(12,18-13(2)19)14-8-4-3-5-9-14/h3-11H,1H2,2H3,(H,18,19)/t17-/m1/s1. The van der Waals surface area contributed by atoms with Crippen molar-refractivity contribution in [3.8, 4) is 5.75 Å². The second-order valence-electron chi connectivity index (χ2n) is 4.81. The van der Waals surface area contributed by atoms with E-state index in [0.717, 1.165) is 22.4 Å². The molecule has 0 aliphatic carbocycles. The van der Waals surface area contributed by atoms with Gasteiger partial charge in [0, 0.05) is 23.6 Å². The quantitative estimate of drug-likeness (QED) is 0.906. The van der Waals surface area contributed by atoms with E-state index in [4.69, 9.17) is 4.74 Å². The van der Waals surface area contributed by atoms with Crippen LogP contribution in [0.1, 0.15) is 18.1 Å². The van der Waals surface area contributed by atoms with Gasteiger partial charge in [-0.2, -0.15) is 0 Å². The third-order valence-electron chi connectivity index (χ3n) is 3.43. The Morgan fingerprint density at radius 2 is 1.75 bits per heavy atom. The van der Waals surface area contributed by atoms with Gasteiger partial charge in [-0.05, 0) is 6.07 Å². The molecule has 0 unspecified atom stereocenters. The van der Waals surface area contributed by atoms with Crippen LogP contribution >= 0.6 is 0 Å². The number of hydrogen-bond donors (Lipinski definition) is 1. The lowest BCUT2D eigenvalue weighted by atomic mass is 9.92. The highest BCUT2D eigenvalue weighted by atomic mass is 16.5. The maximum atomic E-state index is 11.6. The molecule has 3 heteroatoms. The van der Waals surface area contributed by atoms with Crippen molar-refractivity contribution in [2.24, 2.45) is 0 Å². The van der Waals surface area contributed by atoms with Gasteiger partial charge in [0.15, 0.2) is 0 Å². The van der Waals surface area contributed by atoms with Crippen molar-refractivity contribution >= 4 is 11.5 Å². The lowest BCUT2D eigenvalue weighted by molar-refractivity contribution is -0.123. The number of carbonyl (C=O) groups is 1. The normalized spacial score (nSPS) is 20.1. The molecule has 1 amide bonds. The Morgan fingerprint density at radius 3 is 2.40 bits per heavy atom. The summed E-state index contributed by atoms with van der Waals surface area (Å²) in [6, 6.07) is 17.3. The number of hydrogen-bond acceptors (Lipinski definition) is 2. The second kappa shape index (κ2) is 4.53. The van der Waals surface area contributed by atoms with Crippen molar-refractivity contribution in [1.82, 2.24) is 5.32 Å². The van der Waals surface area contributed by atoms with Crippen LogP contribution in [0.15, 0.2) is 61.2 Å². The predicted octanol–water partition coefficient (Wildman–Crippen LogP) is 3.08. The zero-order chi connectivity index (χ0) is 14.2. The van der Waals surface area contributed by atoms with Gasteiger partial charge in [-0.1, -0.05) is 55.1 Å². The van der Waals surface area contributed by atoms with Crippen LogP contribution in [-0.4, -0.2) is 5.91 Å². The first-order chi connectivity index (χ1) is 9.63. The fraction of sp³-hybridized carbons (Fsp3) is 0.118. The van der Waals surface area contributed by atoms with Crippen LogP contribution in [0, 0.1) is 0 Å². The van der Waals surface area contributed by atoms with E-state index in [-0.39, 0.29) is 5.91 Å². The van der Waals surface area contributed by atoms with Crippen LogP contribution in [0.5, 0.6) is 5.75 Å². The molecule has 1 aliphatic heterocycles. The average molecular weight is 265 g/mol. The van der Waals surface area contributed by atoms with E-state index in [0.29, 0.717) is 0 Å². The van der Waals surface area contributed by atoms with Crippen LogP contribution in [0.2, 0.25) is 0 Å². The van der Waals surface area contributed by atoms with Gasteiger partial charge < -0.3 is 10.1 Å². The summed E-state index contributed by atoms with van der Waals surface area (Å²) in [5.41, 5.74) is 1.51. The van der Waals surface area contributed by atoms with Gasteiger partial charge in [-0.15, -0.1) is 0 Å². The molecule has 0 bridgehead atoms. The topological polar surface area (TPSA) is 38.3 Å². The van der Waals surface area contributed by atoms with Crippen LogP contribution in [0.3, 0.4) is 0 Å². The van der Waals surface area contributed by atoms with Crippen LogP contribution in [0.4, 0.5) is 0 Å². The summed E-state index contributed by atoms with van der Waals surface area (Å²) in [6.07, 6.45) is 0. The monoisotopic (exact) mass is 265 g/mol. The van der Waals surface area contributed by atoms with E-state index >= 15 is 0 Å². The zero-order valence-corrected chi connectivity index (χ0v) is 11.2. The van der Waals surface area contributed by atoms with Crippen LogP contribution in [0.25, 0.3) is 5.57 Å². The van der Waals surface area contributed by atoms with E-state index in [9.17, 15) is 4.79 Å². The number of carbonyl (C=O) groups excluding carboxylic acids is 1. The maximum absolute atomic E-state index is 11.6. The highest BCUT2D eigenvalue weighted by molar-refractivity contribution is 5.85. The summed E-state index contributed by atoms with van der Waals surface area (Å²) < 4.78 is 6.07. The minimum absolute atomic E-state index is 0.164. The van der Waals surface area contributed by atoms with Crippen molar-refractivity contribution in [2.75, 3.05) is 0 Å². The van der Waals surface area contributed by atoms with E-state index in [1.54, 1.807) is 0 Å². The van der Waals surface area contributed by atoms with E-state index in [1.807, 2.05) is 54.6 Å². The molecule has 0 spiro atoms. The molecular formula is C17H15NO2. The van der Waals surface area contributed by atoms with Crippen molar-refractivity contribution in [3.05, 3.63) is 72.3 Å². The van der Waals surface area contributed by atoms with Gasteiger partial charge in [-0.3, -0.25) is 4.79 Å². The number of rotatable bonds is 2. The van der Waals surface area contributed by atoms with Crippen molar-refractivity contribution in [2.45, 2.75) is 12.6 Å². The Kier molecular flexibility index (Phi) is 2.83. The molecule has 0 saturated heterocycles. The minimum Gasteiger partial charge on any atom is -0.459 e. The van der Waals surface area contributed by atoms with E-state index in [2.05, 4.69) is 11.9 Å². The predicted molar refractivity (Wildman–Crippen MR) is 78.0 cm³/mol. The first-order valence-electron chi connectivity index (χ1n) is 6.45. The van der Waals surface area contributed by atoms with E-state index in [1.165, 1.54) is 6.92 Å². The maximum Gasteiger partial charge on any atom is 0.235 e. The summed E-state index contributed by atoms with van der Waals surface area (Å²) >= 11 is 0. The molecule has 1 heterocycles. The van der Waals surface area contributed by atoms with Crippen molar-refractivity contribution < 1.29 is 9.53 Å². The van der Waals surface area contributed by atoms with Crippen molar-refractivity contribution in [1.29, 1.82) is 0 Å². The summed E-state index contributed by atoms with van der Waals surface area (Å²) in [5.74, 6) is 0.568. The molecule has 1 aliphatic rings. The van der Waals surface area contributed by atoms with Gasteiger partial charge in [0.2, 0.25) is 11.6 Å². The summed E-state index contributed by atoms with van der Waals surface area (Å²) in [4.78, 5) is 11.6. The van der Waals surface area contributed by atoms with Gasteiger partial charge in [0.25, 0.3) is 0 Å². The van der Waals surface area contributed by atoms with Crippen LogP contribution < -0.4 is 10.1 Å². The highest BCUT2D eigenvalue weighted by Gasteiger charge is 2.45. The fourth-order valence-electron chi connectivity index (χ4n) is 2.55. The Balaban J connectivity index is 2.15. The highest BCUT2D eigenvalue weighted by Crippen LogP contribution is 2.47. The third kappa shape index (κ3) is 1.79. The third-order valence-corrected chi connectivity index (χ3v) is 3.43. The van der Waals surface area contributed by atoms with Crippen LogP contribution in [-0.2, 0) is 10.5 Å². The van der Waals surface area contributed by atoms with Crippen molar-refractivity contribution in [3.63, 3.8) is 0 Å². The first-order valence-corrected chi connectivity index (χ1v) is 6.45. The summed E-state index contributed by atoms with van der Waals surface area (Å²) in [6.45, 7) is 5.62. The first kappa shape index (κ1) is 12.5. The molecule has 3 nitrogen and oxygen atoms in total. The Morgan fingerprint density at radius 1 is 1.10 bits per heavy atom. The average Bonchev–Trinajstić information content (AvgIpc) is 2.74. The SMILES string of the molecule is C=C1c2ccccc2O[C@@]1(NC(C)=O)c1ccccc1. The Labute approximate surface area is 117 Å². The molecule has 20 heavy (non-hydrogen) atoms. The number of benzene rings is 2. The number of nitrogens with one attached hydrogen (secondary N) is 1. The molecule has 3 rings (SSSR count). The minimum atomic E-state index is -1.02. The fourth-order valence-corrected chi connectivity index (χ4v) is 2.55. The molecule has 100 valence electrons. The molecular weight excluding hydrogens is 250 g/mol. The lowest BCUT2D eigenvalue weighted by Gasteiger charge is -2.31. The number of para-hydroxylation sites is 1. The number of ether oxygens (including phenoxy) is 1. The van der Waals surface area contributed by atoms with Gasteiger partial charge in [0.1, 0.15) is 5.75 Å². The number of amides is 1. The summed E-state index contributed by atoms with van der Waals surface area (Å²) in [7, 11) is 0. The second-order valence-corrected chi connectivity index (χ2v) is 4.81. The molecule has 0 radical (unpaired) electrons. The zero-order valence-electron chi connectivity index (χ0n) is 11.2. The molecule has 2 aromatic carbocycles. The molecule has 0 aromatic heterocycles. The molecule has 0 fully saturated rings. The summed E-state index contributed by atoms with van der Waals surface area (Å²) in [5, 5.41) is 2.91. The van der Waals surface area contributed by atoms with Gasteiger partial charge in [-0.25, -0.2) is 0 Å².